The van der Waals surface area contributed by atoms with Crippen molar-refractivity contribution in [2.45, 2.75) is 0 Å². The molecule has 0 amide bonds. The van der Waals surface area contributed by atoms with E-state index in [1.807, 2.05) is 23.1 Å². The second kappa shape index (κ2) is 8.01. The highest BCUT2D eigenvalue weighted by molar-refractivity contribution is 7.07. The van der Waals surface area contributed by atoms with Crippen molar-refractivity contribution in [1.82, 2.24) is 4.57 Å². The maximum absolute atomic E-state index is 10.9. The van der Waals surface area contributed by atoms with Gasteiger partial charge in [-0.1, -0.05) is 29.3 Å². The number of thiazole rings is 1. The van der Waals surface area contributed by atoms with Gasteiger partial charge in [-0.25, -0.2) is 4.99 Å². The van der Waals surface area contributed by atoms with E-state index in [1.165, 1.54) is 23.5 Å². The fourth-order valence-corrected chi connectivity index (χ4v) is 3.62. The molecule has 5 nitrogen and oxygen atoms in total. The van der Waals surface area contributed by atoms with Crippen LogP contribution in [0.2, 0.25) is 10.0 Å². The van der Waals surface area contributed by atoms with E-state index in [9.17, 15) is 10.1 Å². The Morgan fingerprint density at radius 2 is 1.96 bits per heavy atom. The second-order valence-corrected chi connectivity index (χ2v) is 6.66. The number of hydrogen-bond acceptors (Lipinski definition) is 4. The summed E-state index contributed by atoms with van der Waals surface area (Å²) < 4.78 is 1.89. The molecule has 2 aromatic carbocycles. The standard InChI is InChI=1S/C16H11Cl2N3O2S.ClH/c1-20-15(13-6-5-10(17)7-14(13)18)9-24-16(20)19-11-3-2-4-12(8-11)21(22)23;/h2-9H,1H3;1H. The molecule has 0 bridgehead atoms. The summed E-state index contributed by atoms with van der Waals surface area (Å²) in [6.07, 6.45) is 0. The van der Waals surface area contributed by atoms with Crippen molar-refractivity contribution in [2.24, 2.45) is 12.0 Å². The van der Waals surface area contributed by atoms with E-state index in [-0.39, 0.29) is 18.1 Å². The lowest BCUT2D eigenvalue weighted by Crippen LogP contribution is -2.10. The quantitative estimate of drug-likeness (QED) is 0.411. The van der Waals surface area contributed by atoms with Gasteiger partial charge in [-0.3, -0.25) is 10.1 Å². The predicted molar refractivity (Wildman–Crippen MR) is 104 cm³/mol. The summed E-state index contributed by atoms with van der Waals surface area (Å²) in [5.41, 5.74) is 2.28. The van der Waals surface area contributed by atoms with Crippen LogP contribution in [0.1, 0.15) is 0 Å². The minimum Gasteiger partial charge on any atom is -0.319 e. The highest BCUT2D eigenvalue weighted by Gasteiger charge is 2.10. The molecule has 0 aliphatic heterocycles. The summed E-state index contributed by atoms with van der Waals surface area (Å²) >= 11 is 13.6. The van der Waals surface area contributed by atoms with E-state index in [0.29, 0.717) is 20.5 Å². The Morgan fingerprint density at radius 3 is 2.64 bits per heavy atom. The van der Waals surface area contributed by atoms with Crippen LogP contribution in [0, 0.1) is 10.1 Å². The molecule has 25 heavy (non-hydrogen) atoms. The second-order valence-electron chi connectivity index (χ2n) is 4.98. The molecule has 9 heteroatoms. The van der Waals surface area contributed by atoms with E-state index in [2.05, 4.69) is 4.99 Å². The van der Waals surface area contributed by atoms with Gasteiger partial charge in [0.2, 0.25) is 0 Å². The fourth-order valence-electron chi connectivity index (χ4n) is 2.20. The Hall–Kier alpha value is -1.86. The van der Waals surface area contributed by atoms with E-state index >= 15 is 0 Å². The first-order valence-corrected chi connectivity index (χ1v) is 8.48. The first-order valence-electron chi connectivity index (χ1n) is 6.85. The maximum Gasteiger partial charge on any atom is 0.271 e. The zero-order valence-corrected chi connectivity index (χ0v) is 16.0. The summed E-state index contributed by atoms with van der Waals surface area (Å²) in [5, 5.41) is 13.9. The summed E-state index contributed by atoms with van der Waals surface area (Å²) in [7, 11) is 1.87. The minimum absolute atomic E-state index is 0. The molecule has 3 aromatic rings. The number of nitrogens with zero attached hydrogens (tertiary/aromatic N) is 3. The van der Waals surface area contributed by atoms with Crippen LogP contribution in [-0.4, -0.2) is 9.49 Å². The van der Waals surface area contributed by atoms with E-state index in [1.54, 1.807) is 24.3 Å². The SMILES string of the molecule is Cl.Cn1c(-c2ccc(Cl)cc2Cl)csc1=Nc1cccc([N+](=O)[O-])c1. The lowest BCUT2D eigenvalue weighted by molar-refractivity contribution is -0.384. The lowest BCUT2D eigenvalue weighted by atomic mass is 10.2. The van der Waals surface area contributed by atoms with Crippen LogP contribution in [0.5, 0.6) is 0 Å². The molecule has 130 valence electrons. The zero-order chi connectivity index (χ0) is 17.3. The van der Waals surface area contributed by atoms with Gasteiger partial charge in [-0.2, -0.15) is 0 Å². The number of aromatic nitrogens is 1. The third-order valence-electron chi connectivity index (χ3n) is 3.40. The molecule has 0 saturated heterocycles. The van der Waals surface area contributed by atoms with Gasteiger partial charge in [-0.15, -0.1) is 23.7 Å². The average molecular weight is 417 g/mol. The monoisotopic (exact) mass is 415 g/mol. The van der Waals surface area contributed by atoms with Gasteiger partial charge < -0.3 is 4.57 Å². The molecule has 3 rings (SSSR count). The normalized spacial score (nSPS) is 11.2. The molecular weight excluding hydrogens is 405 g/mol. The Labute approximate surface area is 163 Å². The van der Waals surface area contributed by atoms with Gasteiger partial charge in [0, 0.05) is 35.1 Å². The average Bonchev–Trinajstić information content (AvgIpc) is 2.89. The molecule has 0 aliphatic carbocycles. The van der Waals surface area contributed by atoms with Crippen molar-refractivity contribution >= 4 is 58.3 Å². The van der Waals surface area contributed by atoms with Crippen LogP contribution in [0.25, 0.3) is 11.3 Å². The van der Waals surface area contributed by atoms with Crippen molar-refractivity contribution in [2.75, 3.05) is 0 Å². The molecule has 0 aliphatic rings. The van der Waals surface area contributed by atoms with Gasteiger partial charge >= 0.3 is 0 Å². The fraction of sp³-hybridized carbons (Fsp3) is 0.0625. The van der Waals surface area contributed by atoms with E-state index in [4.69, 9.17) is 23.2 Å². The minimum atomic E-state index is -0.438. The number of nitro groups is 1. The summed E-state index contributed by atoms with van der Waals surface area (Å²) in [5.74, 6) is 0. The van der Waals surface area contributed by atoms with Crippen molar-refractivity contribution in [3.8, 4) is 11.3 Å². The van der Waals surface area contributed by atoms with Crippen LogP contribution >= 0.6 is 46.9 Å². The van der Waals surface area contributed by atoms with Crippen LogP contribution < -0.4 is 4.80 Å². The highest BCUT2D eigenvalue weighted by Crippen LogP contribution is 2.30. The van der Waals surface area contributed by atoms with Gasteiger partial charge in [-0.05, 0) is 24.3 Å². The van der Waals surface area contributed by atoms with Crippen LogP contribution in [0.3, 0.4) is 0 Å². The van der Waals surface area contributed by atoms with Crippen molar-refractivity contribution < 1.29 is 4.92 Å². The highest BCUT2D eigenvalue weighted by atomic mass is 35.5. The predicted octanol–water partition coefficient (Wildman–Crippen LogP) is 5.62. The first kappa shape index (κ1) is 19.5. The van der Waals surface area contributed by atoms with Crippen LogP contribution in [0.15, 0.2) is 52.8 Å². The zero-order valence-electron chi connectivity index (χ0n) is 12.8. The third-order valence-corrected chi connectivity index (χ3v) is 4.86. The van der Waals surface area contributed by atoms with Gasteiger partial charge in [0.25, 0.3) is 5.69 Å². The summed E-state index contributed by atoms with van der Waals surface area (Å²) in [4.78, 5) is 15.6. The molecule has 1 aromatic heterocycles. The molecule has 0 saturated carbocycles. The largest absolute Gasteiger partial charge is 0.319 e. The number of non-ortho nitro benzene ring substituents is 1. The van der Waals surface area contributed by atoms with E-state index in [0.717, 1.165) is 11.3 Å². The van der Waals surface area contributed by atoms with Crippen molar-refractivity contribution in [1.29, 1.82) is 0 Å². The van der Waals surface area contributed by atoms with Crippen molar-refractivity contribution in [3.05, 3.63) is 72.8 Å². The van der Waals surface area contributed by atoms with Gasteiger partial charge in [0.05, 0.1) is 21.3 Å². The summed E-state index contributed by atoms with van der Waals surface area (Å²) in [6, 6.07) is 11.5. The Bertz CT molecular complexity index is 998. The maximum atomic E-state index is 10.9. The van der Waals surface area contributed by atoms with Crippen molar-refractivity contribution in [3.63, 3.8) is 0 Å². The molecule has 0 fully saturated rings. The molecule has 0 spiro atoms. The number of rotatable bonds is 3. The molecule has 0 N–H and O–H groups in total. The Kier molecular flexibility index (Phi) is 6.24. The van der Waals surface area contributed by atoms with Gasteiger partial charge in [0.1, 0.15) is 0 Å². The topological polar surface area (TPSA) is 60.4 Å². The molecule has 0 atom stereocenters. The number of benzene rings is 2. The summed E-state index contributed by atoms with van der Waals surface area (Å²) in [6.45, 7) is 0. The molecule has 0 radical (unpaired) electrons. The third kappa shape index (κ3) is 4.22. The molecular formula is C16H12Cl3N3O2S. The Morgan fingerprint density at radius 1 is 1.20 bits per heavy atom. The first-order chi connectivity index (χ1) is 11.5. The Balaban J connectivity index is 0.00000225. The molecule has 1 heterocycles. The number of halogens is 3. The smallest absolute Gasteiger partial charge is 0.271 e. The molecule has 0 unspecified atom stereocenters. The lowest BCUT2D eigenvalue weighted by Gasteiger charge is -2.05. The number of nitro benzene ring substituents is 1. The van der Waals surface area contributed by atoms with Crippen LogP contribution in [-0.2, 0) is 7.05 Å². The van der Waals surface area contributed by atoms with Crippen LogP contribution in [0.4, 0.5) is 11.4 Å². The van der Waals surface area contributed by atoms with E-state index < -0.39 is 4.92 Å². The number of hydrogen-bond donors (Lipinski definition) is 0. The van der Waals surface area contributed by atoms with Gasteiger partial charge in [0.15, 0.2) is 4.80 Å².